The van der Waals surface area contributed by atoms with Crippen molar-refractivity contribution in [1.29, 1.82) is 0 Å². The summed E-state index contributed by atoms with van der Waals surface area (Å²) < 4.78 is 11.7. The molecule has 1 amide bonds. The zero-order valence-corrected chi connectivity index (χ0v) is 14.0. The first kappa shape index (κ1) is 15.6. The molecule has 0 saturated heterocycles. The van der Waals surface area contributed by atoms with E-state index in [0.717, 1.165) is 20.9 Å². The Labute approximate surface area is 146 Å². The highest BCUT2D eigenvalue weighted by Crippen LogP contribution is 2.31. The van der Waals surface area contributed by atoms with Crippen LogP contribution < -0.4 is 15.8 Å². The third-order valence-electron chi connectivity index (χ3n) is 3.93. The summed E-state index contributed by atoms with van der Waals surface area (Å²) >= 11 is 1.41. The molecule has 4 rings (SSSR count). The first-order valence-corrected chi connectivity index (χ1v) is 8.71. The molecule has 1 N–H and O–H groups in total. The summed E-state index contributed by atoms with van der Waals surface area (Å²) in [7, 11) is 0. The molecular formula is C17H15N3O4S. The maximum Gasteiger partial charge on any atom is 0.437 e. The van der Waals surface area contributed by atoms with Gasteiger partial charge in [-0.1, -0.05) is 24.3 Å². The fraction of sp³-hybridized carbons (Fsp3) is 0.235. The third-order valence-corrected chi connectivity index (χ3v) is 4.78. The number of carbonyl (C=O) groups is 1. The van der Waals surface area contributed by atoms with Crippen LogP contribution in [0.3, 0.4) is 0 Å². The molecule has 0 saturated carbocycles. The van der Waals surface area contributed by atoms with Crippen LogP contribution in [-0.4, -0.2) is 22.3 Å². The molecule has 1 unspecified atom stereocenters. The van der Waals surface area contributed by atoms with E-state index in [-0.39, 0.29) is 24.4 Å². The minimum absolute atomic E-state index is 0.142. The molecule has 3 aromatic rings. The molecule has 25 heavy (non-hydrogen) atoms. The minimum atomic E-state index is -0.647. The van der Waals surface area contributed by atoms with Gasteiger partial charge in [0.2, 0.25) is 5.91 Å². The molecule has 128 valence electrons. The quantitative estimate of drug-likeness (QED) is 0.774. The highest BCUT2D eigenvalue weighted by molar-refractivity contribution is 7.13. The molecule has 1 atom stereocenters. The molecule has 0 fully saturated rings. The van der Waals surface area contributed by atoms with Crippen LogP contribution in [0.25, 0.3) is 10.8 Å². The SMILES string of the molecule is O=C(Cn1nc(-c2cccs2)oc1=O)NC1CCOc2ccccc21. The zero-order valence-electron chi connectivity index (χ0n) is 13.2. The number of hydrogen-bond donors (Lipinski definition) is 1. The largest absolute Gasteiger partial charge is 0.493 e. The third kappa shape index (κ3) is 3.20. The summed E-state index contributed by atoms with van der Waals surface area (Å²) in [5, 5.41) is 8.89. The number of thiophene rings is 1. The normalized spacial score (nSPS) is 16.1. The van der Waals surface area contributed by atoms with Crippen LogP contribution in [0.15, 0.2) is 51.0 Å². The summed E-state index contributed by atoms with van der Waals surface area (Å²) in [5.74, 6) is 0.0580. The van der Waals surface area contributed by atoms with Gasteiger partial charge in [0.05, 0.1) is 17.5 Å². The van der Waals surface area contributed by atoms with Crippen molar-refractivity contribution in [1.82, 2.24) is 15.1 Å². The molecule has 3 heterocycles. The maximum absolute atomic E-state index is 12.3. The van der Waals surface area contributed by atoms with E-state index in [1.807, 2.05) is 35.7 Å². The molecule has 1 aromatic carbocycles. The van der Waals surface area contributed by atoms with E-state index in [0.29, 0.717) is 13.0 Å². The molecule has 0 spiro atoms. The lowest BCUT2D eigenvalue weighted by Crippen LogP contribution is -2.36. The first-order valence-electron chi connectivity index (χ1n) is 7.83. The molecule has 0 radical (unpaired) electrons. The van der Waals surface area contributed by atoms with Gasteiger partial charge in [0, 0.05) is 12.0 Å². The number of amides is 1. The molecule has 0 aliphatic carbocycles. The minimum Gasteiger partial charge on any atom is -0.493 e. The van der Waals surface area contributed by atoms with Crippen molar-refractivity contribution in [2.24, 2.45) is 0 Å². The Morgan fingerprint density at radius 2 is 2.20 bits per heavy atom. The lowest BCUT2D eigenvalue weighted by Gasteiger charge is -2.26. The number of fused-ring (bicyclic) bond motifs is 1. The molecule has 1 aliphatic rings. The maximum atomic E-state index is 12.3. The molecule has 7 nitrogen and oxygen atoms in total. The number of nitrogens with one attached hydrogen (secondary N) is 1. The second-order valence-electron chi connectivity index (χ2n) is 5.60. The standard InChI is InChI=1S/C17H15N3O4S/c21-15(18-12-7-8-23-13-5-2-1-4-11(12)13)10-20-17(22)24-16(19-20)14-6-3-9-25-14/h1-6,9,12H,7-8,10H2,(H,18,21). The lowest BCUT2D eigenvalue weighted by molar-refractivity contribution is -0.122. The molecule has 2 aromatic heterocycles. The number of benzene rings is 1. The van der Waals surface area contributed by atoms with Crippen molar-refractivity contribution in [3.63, 3.8) is 0 Å². The Balaban J connectivity index is 1.48. The van der Waals surface area contributed by atoms with E-state index in [1.165, 1.54) is 11.3 Å². The van der Waals surface area contributed by atoms with Gasteiger partial charge in [-0.05, 0) is 17.5 Å². The van der Waals surface area contributed by atoms with Crippen LogP contribution in [0.2, 0.25) is 0 Å². The Morgan fingerprint density at radius 3 is 3.04 bits per heavy atom. The number of rotatable bonds is 4. The van der Waals surface area contributed by atoms with E-state index in [1.54, 1.807) is 6.07 Å². The van der Waals surface area contributed by atoms with Crippen LogP contribution in [0.5, 0.6) is 5.75 Å². The van der Waals surface area contributed by atoms with Crippen molar-refractivity contribution >= 4 is 17.2 Å². The smallest absolute Gasteiger partial charge is 0.437 e. The Hall–Kier alpha value is -2.87. The summed E-state index contributed by atoms with van der Waals surface area (Å²) in [4.78, 5) is 25.0. The Bertz CT molecular complexity index is 945. The predicted molar refractivity (Wildman–Crippen MR) is 91.5 cm³/mol. The van der Waals surface area contributed by atoms with Gasteiger partial charge in [0.15, 0.2) is 0 Å². The van der Waals surface area contributed by atoms with Crippen LogP contribution >= 0.6 is 11.3 Å². The second kappa shape index (κ2) is 6.56. The van der Waals surface area contributed by atoms with Crippen molar-refractivity contribution in [2.75, 3.05) is 6.61 Å². The number of nitrogens with zero attached hydrogens (tertiary/aromatic N) is 2. The van der Waals surface area contributed by atoms with E-state index < -0.39 is 5.76 Å². The number of carbonyl (C=O) groups excluding carboxylic acids is 1. The first-order chi connectivity index (χ1) is 12.2. The summed E-state index contributed by atoms with van der Waals surface area (Å²) in [6.45, 7) is 0.349. The van der Waals surface area contributed by atoms with E-state index in [9.17, 15) is 9.59 Å². The van der Waals surface area contributed by atoms with Crippen molar-refractivity contribution in [3.05, 3.63) is 57.9 Å². The monoisotopic (exact) mass is 357 g/mol. The second-order valence-corrected chi connectivity index (χ2v) is 6.55. The summed E-state index contributed by atoms with van der Waals surface area (Å²) in [6.07, 6.45) is 0.677. The predicted octanol–water partition coefficient (Wildman–Crippen LogP) is 2.20. The Morgan fingerprint density at radius 1 is 1.32 bits per heavy atom. The molecule has 8 heteroatoms. The van der Waals surface area contributed by atoms with Gasteiger partial charge >= 0.3 is 5.76 Å². The number of ether oxygens (including phenoxy) is 1. The van der Waals surface area contributed by atoms with E-state index in [4.69, 9.17) is 9.15 Å². The zero-order chi connectivity index (χ0) is 17.2. The molecule has 0 bridgehead atoms. The van der Waals surface area contributed by atoms with Crippen LogP contribution in [0, 0.1) is 0 Å². The average Bonchev–Trinajstić information content (AvgIpc) is 3.26. The Kier molecular flexibility index (Phi) is 4.10. The van der Waals surface area contributed by atoms with Gasteiger partial charge in [-0.3, -0.25) is 4.79 Å². The van der Waals surface area contributed by atoms with E-state index in [2.05, 4.69) is 10.4 Å². The molecular weight excluding hydrogens is 342 g/mol. The fourth-order valence-electron chi connectivity index (χ4n) is 2.77. The van der Waals surface area contributed by atoms with Crippen molar-refractivity contribution in [2.45, 2.75) is 19.0 Å². The molecule has 1 aliphatic heterocycles. The van der Waals surface area contributed by atoms with Gasteiger partial charge in [0.1, 0.15) is 12.3 Å². The van der Waals surface area contributed by atoms with E-state index >= 15 is 0 Å². The number of para-hydroxylation sites is 1. The lowest BCUT2D eigenvalue weighted by atomic mass is 10.0. The van der Waals surface area contributed by atoms with Crippen LogP contribution in [-0.2, 0) is 11.3 Å². The number of hydrogen-bond acceptors (Lipinski definition) is 6. The fourth-order valence-corrected chi connectivity index (χ4v) is 3.42. The number of aromatic nitrogens is 2. The average molecular weight is 357 g/mol. The topological polar surface area (TPSA) is 86.4 Å². The highest BCUT2D eigenvalue weighted by atomic mass is 32.1. The summed E-state index contributed by atoms with van der Waals surface area (Å²) in [5.41, 5.74) is 0.939. The van der Waals surface area contributed by atoms with Crippen LogP contribution in [0.1, 0.15) is 18.0 Å². The van der Waals surface area contributed by atoms with Crippen molar-refractivity contribution < 1.29 is 13.9 Å². The van der Waals surface area contributed by atoms with Gasteiger partial charge in [0.25, 0.3) is 5.89 Å². The summed E-state index contributed by atoms with van der Waals surface area (Å²) in [6, 6.07) is 11.1. The van der Waals surface area contributed by atoms with Gasteiger partial charge in [-0.25, -0.2) is 4.79 Å². The van der Waals surface area contributed by atoms with Crippen LogP contribution in [0.4, 0.5) is 0 Å². The van der Waals surface area contributed by atoms with Gasteiger partial charge in [-0.2, -0.15) is 4.68 Å². The highest BCUT2D eigenvalue weighted by Gasteiger charge is 2.23. The van der Waals surface area contributed by atoms with Gasteiger partial charge in [-0.15, -0.1) is 16.4 Å². The van der Waals surface area contributed by atoms with Crippen molar-refractivity contribution in [3.8, 4) is 16.5 Å². The van der Waals surface area contributed by atoms with Gasteiger partial charge < -0.3 is 14.5 Å².